The molecule has 0 saturated heterocycles. The summed E-state index contributed by atoms with van der Waals surface area (Å²) in [4.78, 5) is -0.307. The molecule has 0 amide bonds. The van der Waals surface area contributed by atoms with Gasteiger partial charge in [0.1, 0.15) is 0 Å². The predicted octanol–water partition coefficient (Wildman–Crippen LogP) is 2.66. The van der Waals surface area contributed by atoms with Crippen molar-refractivity contribution in [1.82, 2.24) is 0 Å². The first-order valence-corrected chi connectivity index (χ1v) is 2.84. The van der Waals surface area contributed by atoms with Crippen LogP contribution < -0.4 is 0 Å². The van der Waals surface area contributed by atoms with E-state index in [1.807, 2.05) is 0 Å². The van der Waals surface area contributed by atoms with E-state index in [-0.39, 0.29) is 4.90 Å². The van der Waals surface area contributed by atoms with Crippen molar-refractivity contribution in [3.8, 4) is 0 Å². The zero-order valence-corrected chi connectivity index (χ0v) is 5.51. The van der Waals surface area contributed by atoms with E-state index in [9.17, 15) is 13.2 Å². The van der Waals surface area contributed by atoms with Crippen molar-refractivity contribution in [3.63, 3.8) is 0 Å². The molecule has 0 atom stereocenters. The largest absolute Gasteiger partial charge is 0.204 e. The Bertz CT molecular complexity index is 232. The topological polar surface area (TPSA) is 0 Å². The van der Waals surface area contributed by atoms with Crippen molar-refractivity contribution in [3.05, 3.63) is 29.6 Å². The summed E-state index contributed by atoms with van der Waals surface area (Å²) in [6, 6.07) is 1.80. The van der Waals surface area contributed by atoms with E-state index in [4.69, 9.17) is 0 Å². The quantitative estimate of drug-likeness (QED) is 0.516. The average Bonchev–Trinajstić information content (AvgIpc) is 1.93. The molecule has 0 aromatic heterocycles. The minimum atomic E-state index is -1.51. The van der Waals surface area contributed by atoms with Crippen molar-refractivity contribution in [2.45, 2.75) is 4.90 Å². The number of rotatable bonds is 0. The fourth-order valence-electron chi connectivity index (χ4n) is 0.508. The minimum absolute atomic E-state index is 0.307. The van der Waals surface area contributed by atoms with Crippen LogP contribution in [-0.2, 0) is 0 Å². The van der Waals surface area contributed by atoms with E-state index in [0.29, 0.717) is 0 Å². The molecular weight excluding hydrogens is 161 g/mol. The molecule has 1 radical (unpaired) electrons. The zero-order valence-electron chi connectivity index (χ0n) is 4.70. The van der Waals surface area contributed by atoms with E-state index in [2.05, 4.69) is 12.6 Å². The van der Waals surface area contributed by atoms with Gasteiger partial charge in [-0.3, -0.25) is 0 Å². The highest BCUT2D eigenvalue weighted by Crippen LogP contribution is 2.17. The molecule has 53 valence electrons. The summed E-state index contributed by atoms with van der Waals surface area (Å²) >= 11 is 4.32. The summed E-state index contributed by atoms with van der Waals surface area (Å²) in [7, 11) is 0. The molecule has 0 aliphatic heterocycles. The standard InChI is InChI=1S/C6H2F3S/c7-3-1-2-4(10)6(9)5(3)8/h1-2H. The molecule has 0 unspecified atom stereocenters. The second-order valence-electron chi connectivity index (χ2n) is 1.67. The summed E-state index contributed by atoms with van der Waals surface area (Å²) in [6.07, 6.45) is 0. The van der Waals surface area contributed by atoms with Gasteiger partial charge in [0.15, 0.2) is 17.5 Å². The maximum atomic E-state index is 12.3. The highest BCUT2D eigenvalue weighted by Gasteiger charge is 2.10. The van der Waals surface area contributed by atoms with Crippen LogP contribution in [0.2, 0.25) is 0 Å². The maximum Gasteiger partial charge on any atom is 0.195 e. The van der Waals surface area contributed by atoms with Crippen LogP contribution in [0.4, 0.5) is 13.2 Å². The molecule has 0 spiro atoms. The minimum Gasteiger partial charge on any atom is -0.204 e. The molecule has 0 aliphatic rings. The van der Waals surface area contributed by atoms with Gasteiger partial charge < -0.3 is 0 Å². The van der Waals surface area contributed by atoms with Crippen molar-refractivity contribution >= 4 is 12.6 Å². The molecule has 1 aromatic rings. The van der Waals surface area contributed by atoms with Crippen LogP contribution in [0.15, 0.2) is 17.0 Å². The zero-order chi connectivity index (χ0) is 7.72. The van der Waals surface area contributed by atoms with Crippen LogP contribution in [0.25, 0.3) is 0 Å². The molecule has 4 heteroatoms. The van der Waals surface area contributed by atoms with Crippen LogP contribution in [-0.4, -0.2) is 0 Å². The highest BCUT2D eigenvalue weighted by atomic mass is 32.1. The summed E-state index contributed by atoms with van der Waals surface area (Å²) in [5, 5.41) is 0. The van der Waals surface area contributed by atoms with Gasteiger partial charge in [0.2, 0.25) is 0 Å². The molecule has 0 bridgehead atoms. The molecule has 0 saturated carbocycles. The number of halogens is 3. The van der Waals surface area contributed by atoms with Crippen molar-refractivity contribution < 1.29 is 13.2 Å². The predicted molar refractivity (Wildman–Crippen MR) is 32.2 cm³/mol. The van der Waals surface area contributed by atoms with Gasteiger partial charge in [-0.05, 0) is 12.1 Å². The normalized spacial score (nSPS) is 9.90. The Morgan fingerprint density at radius 2 is 1.60 bits per heavy atom. The lowest BCUT2D eigenvalue weighted by atomic mass is 10.3. The Hall–Kier alpha value is -0.770. The van der Waals surface area contributed by atoms with Gasteiger partial charge in [-0.1, -0.05) is 12.6 Å². The average molecular weight is 163 g/mol. The van der Waals surface area contributed by atoms with E-state index < -0.39 is 17.5 Å². The third-order valence-electron chi connectivity index (χ3n) is 1.000. The van der Waals surface area contributed by atoms with E-state index in [0.717, 1.165) is 12.1 Å². The molecule has 1 aromatic carbocycles. The monoisotopic (exact) mass is 163 g/mol. The van der Waals surface area contributed by atoms with Crippen LogP contribution in [0.3, 0.4) is 0 Å². The van der Waals surface area contributed by atoms with Crippen molar-refractivity contribution in [1.29, 1.82) is 0 Å². The first-order valence-electron chi connectivity index (χ1n) is 2.43. The Kier molecular flexibility index (Phi) is 1.80. The molecule has 0 heterocycles. The Morgan fingerprint density at radius 3 is 2.10 bits per heavy atom. The number of benzene rings is 1. The maximum absolute atomic E-state index is 12.3. The number of hydrogen-bond acceptors (Lipinski definition) is 0. The smallest absolute Gasteiger partial charge is 0.195 e. The summed E-state index contributed by atoms with van der Waals surface area (Å²) in [6.45, 7) is 0. The fourth-order valence-corrected chi connectivity index (χ4v) is 0.666. The van der Waals surface area contributed by atoms with E-state index >= 15 is 0 Å². The van der Waals surface area contributed by atoms with Gasteiger partial charge in [0.05, 0.1) is 4.90 Å². The van der Waals surface area contributed by atoms with Crippen molar-refractivity contribution in [2.75, 3.05) is 0 Å². The molecule has 0 N–H and O–H groups in total. The first kappa shape index (κ1) is 7.34. The summed E-state index contributed by atoms with van der Waals surface area (Å²) in [5.74, 6) is -4.02. The Balaban J connectivity index is 3.34. The van der Waals surface area contributed by atoms with Gasteiger partial charge in [-0.2, -0.15) is 0 Å². The lowest BCUT2D eigenvalue weighted by molar-refractivity contribution is 0.435. The summed E-state index contributed by atoms with van der Waals surface area (Å²) < 4.78 is 36.5. The Morgan fingerprint density at radius 1 is 1.00 bits per heavy atom. The highest BCUT2D eigenvalue weighted by molar-refractivity contribution is 7.80. The molecule has 10 heavy (non-hydrogen) atoms. The van der Waals surface area contributed by atoms with Crippen LogP contribution in [0.1, 0.15) is 0 Å². The van der Waals surface area contributed by atoms with Gasteiger partial charge in [0.25, 0.3) is 0 Å². The van der Waals surface area contributed by atoms with Gasteiger partial charge in [0, 0.05) is 0 Å². The Labute approximate surface area is 61.1 Å². The molecular formula is C6H2F3S. The second-order valence-corrected chi connectivity index (χ2v) is 2.11. The molecule has 0 fully saturated rings. The molecule has 1 rings (SSSR count). The van der Waals surface area contributed by atoms with Crippen LogP contribution in [0, 0.1) is 17.5 Å². The van der Waals surface area contributed by atoms with Gasteiger partial charge in [-0.25, -0.2) is 13.2 Å². The van der Waals surface area contributed by atoms with E-state index in [1.54, 1.807) is 0 Å². The van der Waals surface area contributed by atoms with Crippen LogP contribution >= 0.6 is 12.6 Å². The first-order chi connectivity index (χ1) is 4.63. The third kappa shape index (κ3) is 1.07. The number of hydrogen-bond donors (Lipinski definition) is 0. The molecule has 0 aliphatic carbocycles. The SMILES string of the molecule is Fc1ccc([S])c(F)c1F. The van der Waals surface area contributed by atoms with Gasteiger partial charge in [-0.15, -0.1) is 0 Å². The lowest BCUT2D eigenvalue weighted by Gasteiger charge is -1.94. The lowest BCUT2D eigenvalue weighted by Crippen LogP contribution is -1.90. The van der Waals surface area contributed by atoms with Gasteiger partial charge >= 0.3 is 0 Å². The fraction of sp³-hybridized carbons (Fsp3) is 0. The molecule has 0 nitrogen and oxygen atoms in total. The van der Waals surface area contributed by atoms with E-state index in [1.165, 1.54) is 0 Å². The second kappa shape index (κ2) is 2.46. The van der Waals surface area contributed by atoms with Crippen molar-refractivity contribution in [2.24, 2.45) is 0 Å². The third-order valence-corrected chi connectivity index (χ3v) is 1.32. The van der Waals surface area contributed by atoms with Crippen LogP contribution in [0.5, 0.6) is 0 Å². The summed E-state index contributed by atoms with van der Waals surface area (Å²) in [5.41, 5.74) is 0.